The lowest BCUT2D eigenvalue weighted by Crippen LogP contribution is -2.42. The van der Waals surface area contributed by atoms with Gasteiger partial charge in [0.2, 0.25) is 10.0 Å². The molecule has 4 rings (SSSR count). The van der Waals surface area contributed by atoms with E-state index in [2.05, 4.69) is 20.3 Å². The second-order valence-corrected chi connectivity index (χ2v) is 12.3. The van der Waals surface area contributed by atoms with Crippen molar-refractivity contribution in [1.82, 2.24) is 14.9 Å². The number of amides is 2. The molecule has 3 aromatic carbocycles. The maximum atomic E-state index is 13.1. The quantitative estimate of drug-likeness (QED) is 0.266. The highest BCUT2D eigenvalue weighted by Gasteiger charge is 2.28. The number of urea groups is 1. The van der Waals surface area contributed by atoms with E-state index >= 15 is 0 Å². The Balaban J connectivity index is 1.39. The number of hydrogen-bond donors (Lipinski definition) is 4. The van der Waals surface area contributed by atoms with Crippen LogP contribution in [0, 0.1) is 20.8 Å². The van der Waals surface area contributed by atoms with Crippen molar-refractivity contribution < 1.29 is 23.1 Å². The van der Waals surface area contributed by atoms with Crippen LogP contribution in [0.2, 0.25) is 0 Å². The smallest absolute Gasteiger partial charge is 0.322 e. The minimum atomic E-state index is -4.05. The first-order valence-corrected chi connectivity index (χ1v) is 15.3. The van der Waals surface area contributed by atoms with Gasteiger partial charge in [0.05, 0.1) is 4.90 Å². The van der Waals surface area contributed by atoms with E-state index in [9.17, 15) is 23.1 Å². The lowest BCUT2D eigenvalue weighted by atomic mass is 10.0. The number of rotatable bonds is 11. The first-order valence-electron chi connectivity index (χ1n) is 13.8. The highest BCUT2D eigenvalue weighted by Crippen LogP contribution is 2.25. The van der Waals surface area contributed by atoms with Crippen LogP contribution in [-0.4, -0.2) is 62.6 Å². The number of nitrogens with one attached hydrogen (secondary N) is 3. The molecule has 10 heteroatoms. The molecule has 1 atom stereocenters. The normalized spacial score (nSPS) is 14.5. The average molecular weight is 579 g/mol. The SMILES string of the molecule is Cc1cc(C)c(S(=O)(=O)N[C@@H](Cc2ccc(-c3cccc(NC(=O)NCCN4CCCC4)c3)cc2)C(=O)O)c(C)c1. The first kappa shape index (κ1) is 30.2. The molecule has 41 heavy (non-hydrogen) atoms. The van der Waals surface area contributed by atoms with Gasteiger partial charge in [-0.2, -0.15) is 4.72 Å². The van der Waals surface area contributed by atoms with Gasteiger partial charge >= 0.3 is 12.0 Å². The molecule has 9 nitrogen and oxygen atoms in total. The number of sulfonamides is 1. The predicted molar refractivity (Wildman–Crippen MR) is 161 cm³/mol. The molecule has 0 spiro atoms. The Bertz CT molecular complexity index is 1480. The van der Waals surface area contributed by atoms with Gasteiger partial charge in [0.1, 0.15) is 6.04 Å². The molecule has 3 aromatic rings. The largest absolute Gasteiger partial charge is 0.480 e. The molecule has 0 radical (unpaired) electrons. The molecule has 1 aliphatic heterocycles. The Morgan fingerprint density at radius 3 is 2.22 bits per heavy atom. The number of likely N-dealkylation sites (tertiary alicyclic amines) is 1. The summed E-state index contributed by atoms with van der Waals surface area (Å²) in [4.78, 5) is 26.8. The zero-order valence-electron chi connectivity index (χ0n) is 23.7. The molecule has 2 amide bonds. The van der Waals surface area contributed by atoms with Gasteiger partial charge in [-0.1, -0.05) is 54.1 Å². The number of anilines is 1. The maximum Gasteiger partial charge on any atom is 0.322 e. The Morgan fingerprint density at radius 2 is 1.59 bits per heavy atom. The first-order chi connectivity index (χ1) is 19.5. The van der Waals surface area contributed by atoms with E-state index in [1.807, 2.05) is 43.3 Å². The van der Waals surface area contributed by atoms with E-state index in [1.165, 1.54) is 12.8 Å². The molecule has 1 aliphatic rings. The van der Waals surface area contributed by atoms with Crippen LogP contribution in [0.15, 0.2) is 65.6 Å². The van der Waals surface area contributed by atoms with Crippen LogP contribution < -0.4 is 15.4 Å². The Morgan fingerprint density at radius 1 is 0.927 bits per heavy atom. The number of nitrogens with zero attached hydrogens (tertiary/aromatic N) is 1. The van der Waals surface area contributed by atoms with Crippen molar-refractivity contribution in [1.29, 1.82) is 0 Å². The molecule has 0 aliphatic carbocycles. The lowest BCUT2D eigenvalue weighted by molar-refractivity contribution is -0.138. The van der Waals surface area contributed by atoms with Gasteiger partial charge in [0, 0.05) is 18.8 Å². The van der Waals surface area contributed by atoms with Crippen molar-refractivity contribution in [3.63, 3.8) is 0 Å². The van der Waals surface area contributed by atoms with Gasteiger partial charge in [0.25, 0.3) is 0 Å². The topological polar surface area (TPSA) is 128 Å². The van der Waals surface area contributed by atoms with Crippen molar-refractivity contribution >= 4 is 27.7 Å². The zero-order valence-corrected chi connectivity index (χ0v) is 24.6. The minimum Gasteiger partial charge on any atom is -0.480 e. The minimum absolute atomic E-state index is 0.0159. The summed E-state index contributed by atoms with van der Waals surface area (Å²) in [5.41, 5.74) is 5.17. The number of carboxylic acid groups (broad SMARTS) is 1. The number of carbonyl (C=O) groups is 2. The summed E-state index contributed by atoms with van der Waals surface area (Å²) in [6.45, 7) is 8.90. The Hall–Kier alpha value is -3.73. The molecular weight excluding hydrogens is 540 g/mol. The highest BCUT2D eigenvalue weighted by atomic mass is 32.2. The van der Waals surface area contributed by atoms with Gasteiger partial charge in [-0.15, -0.1) is 0 Å². The summed E-state index contributed by atoms with van der Waals surface area (Å²) in [5, 5.41) is 15.6. The molecule has 0 bridgehead atoms. The van der Waals surface area contributed by atoms with Gasteiger partial charge in [0.15, 0.2) is 0 Å². The molecule has 218 valence electrons. The van der Waals surface area contributed by atoms with Gasteiger partial charge in [-0.05, 0) is 93.1 Å². The fraction of sp³-hybridized carbons (Fsp3) is 0.355. The van der Waals surface area contributed by atoms with E-state index in [-0.39, 0.29) is 17.3 Å². The third kappa shape index (κ3) is 8.16. The van der Waals surface area contributed by atoms with E-state index in [0.717, 1.165) is 36.3 Å². The number of carbonyl (C=O) groups excluding carboxylic acids is 1. The number of benzene rings is 3. The number of aryl methyl sites for hydroxylation is 3. The summed E-state index contributed by atoms with van der Waals surface area (Å²) in [7, 11) is -4.05. The van der Waals surface area contributed by atoms with Crippen LogP contribution in [0.1, 0.15) is 35.1 Å². The standard InChI is InChI=1S/C31H38N4O5S/c1-21-17-22(2)29(23(3)18-21)41(39,40)34-28(30(36)37)19-24-9-11-25(12-10-24)26-7-6-8-27(20-26)33-31(38)32-13-16-35-14-4-5-15-35/h6-12,17-18,20,28,34H,4-5,13-16,19H2,1-3H3,(H,36,37)(H2,32,33,38)/t28-/m0/s1. The second-order valence-electron chi connectivity index (χ2n) is 10.7. The fourth-order valence-electron chi connectivity index (χ4n) is 5.37. The molecule has 0 unspecified atom stereocenters. The molecule has 1 fully saturated rings. The Kier molecular flexibility index (Phi) is 9.80. The average Bonchev–Trinajstić information content (AvgIpc) is 3.41. The summed E-state index contributed by atoms with van der Waals surface area (Å²) in [6.07, 6.45) is 2.41. The van der Waals surface area contributed by atoms with Gasteiger partial charge < -0.3 is 20.6 Å². The number of carboxylic acids is 1. The highest BCUT2D eigenvalue weighted by molar-refractivity contribution is 7.89. The summed E-state index contributed by atoms with van der Waals surface area (Å²) >= 11 is 0. The van der Waals surface area contributed by atoms with Crippen molar-refractivity contribution in [2.75, 3.05) is 31.5 Å². The summed E-state index contributed by atoms with van der Waals surface area (Å²) in [5.74, 6) is -1.25. The monoisotopic (exact) mass is 578 g/mol. The Labute approximate surface area is 242 Å². The van der Waals surface area contributed by atoms with Crippen LogP contribution in [-0.2, 0) is 21.2 Å². The van der Waals surface area contributed by atoms with E-state index in [1.54, 1.807) is 38.1 Å². The molecular formula is C31H38N4O5S. The molecule has 1 saturated heterocycles. The zero-order chi connectivity index (χ0) is 29.6. The van der Waals surface area contributed by atoms with Crippen LogP contribution >= 0.6 is 0 Å². The fourth-order valence-corrected chi connectivity index (χ4v) is 7.01. The molecule has 4 N–H and O–H groups in total. The van der Waals surface area contributed by atoms with Gasteiger partial charge in [-0.25, -0.2) is 13.2 Å². The van der Waals surface area contributed by atoms with Crippen molar-refractivity contribution in [3.05, 3.63) is 82.9 Å². The van der Waals surface area contributed by atoms with E-state index in [0.29, 0.717) is 28.9 Å². The van der Waals surface area contributed by atoms with Crippen molar-refractivity contribution in [2.24, 2.45) is 0 Å². The summed E-state index contributed by atoms with van der Waals surface area (Å²) < 4.78 is 28.7. The van der Waals surface area contributed by atoms with Crippen LogP contribution in [0.3, 0.4) is 0 Å². The van der Waals surface area contributed by atoms with Crippen molar-refractivity contribution in [3.8, 4) is 11.1 Å². The van der Waals surface area contributed by atoms with E-state index < -0.39 is 22.0 Å². The van der Waals surface area contributed by atoms with Gasteiger partial charge in [-0.3, -0.25) is 4.79 Å². The third-order valence-electron chi connectivity index (χ3n) is 7.23. The van der Waals surface area contributed by atoms with Crippen molar-refractivity contribution in [2.45, 2.75) is 51.0 Å². The second kappa shape index (κ2) is 13.3. The molecule has 0 aromatic heterocycles. The van der Waals surface area contributed by atoms with Crippen LogP contribution in [0.25, 0.3) is 11.1 Å². The van der Waals surface area contributed by atoms with Crippen LogP contribution in [0.4, 0.5) is 10.5 Å². The number of hydrogen-bond acceptors (Lipinski definition) is 5. The van der Waals surface area contributed by atoms with Crippen LogP contribution in [0.5, 0.6) is 0 Å². The van der Waals surface area contributed by atoms with E-state index in [4.69, 9.17) is 0 Å². The summed E-state index contributed by atoms with van der Waals surface area (Å²) in [6, 6.07) is 16.7. The third-order valence-corrected chi connectivity index (χ3v) is 9.00. The molecule has 1 heterocycles. The maximum absolute atomic E-state index is 13.1. The lowest BCUT2D eigenvalue weighted by Gasteiger charge is -2.18. The molecule has 0 saturated carbocycles. The number of aliphatic carboxylic acids is 1. The predicted octanol–water partition coefficient (Wildman–Crippen LogP) is 4.47.